The molecule has 0 radical (unpaired) electrons. The Hall–Kier alpha value is -1.95. The minimum absolute atomic E-state index is 0.0837. The smallest absolute Gasteiger partial charge is 0.234 e. The van der Waals surface area contributed by atoms with Crippen LogP contribution in [0, 0.1) is 11.2 Å². The van der Waals surface area contributed by atoms with Crippen LogP contribution in [-0.4, -0.2) is 36.6 Å². The first kappa shape index (κ1) is 16.9. The fourth-order valence-corrected chi connectivity index (χ4v) is 3.45. The highest BCUT2D eigenvalue weighted by atomic mass is 19.1. The third kappa shape index (κ3) is 3.29. The molecule has 2 amide bonds. The molecule has 2 heterocycles. The number of imide groups is 1. The third-order valence-corrected chi connectivity index (χ3v) is 5.31. The molecule has 24 heavy (non-hydrogen) atoms. The van der Waals surface area contributed by atoms with Gasteiger partial charge in [0.1, 0.15) is 5.82 Å². The molecule has 0 bridgehead atoms. The van der Waals surface area contributed by atoms with Crippen molar-refractivity contribution in [2.24, 2.45) is 5.41 Å². The molecular formula is C18H23FN2O3. The molecule has 130 valence electrons. The van der Waals surface area contributed by atoms with Crippen molar-refractivity contribution in [3.63, 3.8) is 0 Å². The first-order chi connectivity index (χ1) is 11.4. The summed E-state index contributed by atoms with van der Waals surface area (Å²) in [6.45, 7) is 3.60. The zero-order valence-corrected chi connectivity index (χ0v) is 13.8. The summed E-state index contributed by atoms with van der Waals surface area (Å²) < 4.78 is 14.6. The number of amides is 2. The molecule has 2 fully saturated rings. The topological polar surface area (TPSA) is 69.6 Å². The van der Waals surface area contributed by atoms with Gasteiger partial charge in [0.2, 0.25) is 11.8 Å². The van der Waals surface area contributed by atoms with Gasteiger partial charge in [-0.05, 0) is 42.4 Å². The number of anilines is 1. The van der Waals surface area contributed by atoms with Crippen molar-refractivity contribution in [3.05, 3.63) is 29.6 Å². The van der Waals surface area contributed by atoms with E-state index in [2.05, 4.69) is 5.32 Å². The predicted molar refractivity (Wildman–Crippen MR) is 88.2 cm³/mol. The molecule has 1 atom stereocenters. The summed E-state index contributed by atoms with van der Waals surface area (Å²) in [7, 11) is 0. The highest BCUT2D eigenvalue weighted by Crippen LogP contribution is 2.34. The molecular weight excluding hydrogens is 311 g/mol. The summed E-state index contributed by atoms with van der Waals surface area (Å²) in [6, 6.07) is 4.91. The summed E-state index contributed by atoms with van der Waals surface area (Å²) in [5, 5.41) is 11.7. The second-order valence-corrected chi connectivity index (χ2v) is 7.17. The monoisotopic (exact) mass is 334 g/mol. The summed E-state index contributed by atoms with van der Waals surface area (Å²) in [6.07, 6.45) is 2.34. The van der Waals surface area contributed by atoms with Crippen LogP contribution in [-0.2, 0) is 9.59 Å². The van der Waals surface area contributed by atoms with Crippen LogP contribution in [0.1, 0.15) is 44.1 Å². The summed E-state index contributed by atoms with van der Waals surface area (Å²) in [5.74, 6) is -1.43. The van der Waals surface area contributed by atoms with Gasteiger partial charge >= 0.3 is 0 Å². The molecule has 1 aromatic rings. The number of benzene rings is 1. The molecule has 6 heteroatoms. The van der Waals surface area contributed by atoms with Crippen LogP contribution < -0.4 is 10.2 Å². The van der Waals surface area contributed by atoms with Crippen molar-refractivity contribution in [1.82, 2.24) is 5.32 Å². The van der Waals surface area contributed by atoms with Crippen molar-refractivity contribution in [2.75, 3.05) is 24.6 Å². The van der Waals surface area contributed by atoms with E-state index in [9.17, 15) is 19.1 Å². The molecule has 3 rings (SSSR count). The number of rotatable bonds is 3. The largest absolute Gasteiger partial charge is 0.396 e. The van der Waals surface area contributed by atoms with Gasteiger partial charge in [0.05, 0.1) is 11.6 Å². The molecule has 0 aromatic heterocycles. The van der Waals surface area contributed by atoms with Crippen LogP contribution in [0.15, 0.2) is 18.2 Å². The van der Waals surface area contributed by atoms with Gasteiger partial charge in [-0.15, -0.1) is 0 Å². The van der Waals surface area contributed by atoms with Crippen molar-refractivity contribution in [3.8, 4) is 0 Å². The number of aliphatic hydroxyl groups is 1. The van der Waals surface area contributed by atoms with Crippen molar-refractivity contribution < 1.29 is 19.1 Å². The number of aliphatic hydroxyl groups excluding tert-OH is 1. The van der Waals surface area contributed by atoms with E-state index in [1.54, 1.807) is 12.1 Å². The second kappa shape index (κ2) is 6.51. The fourth-order valence-electron chi connectivity index (χ4n) is 3.45. The molecule has 5 nitrogen and oxygen atoms in total. The Bertz CT molecular complexity index is 654. The number of halogens is 1. The normalized spacial score (nSPS) is 24.0. The van der Waals surface area contributed by atoms with E-state index in [0.29, 0.717) is 30.8 Å². The lowest BCUT2D eigenvalue weighted by Gasteiger charge is -2.39. The van der Waals surface area contributed by atoms with Gasteiger partial charge < -0.3 is 10.0 Å². The molecule has 1 unspecified atom stereocenters. The second-order valence-electron chi connectivity index (χ2n) is 7.17. The molecule has 0 spiro atoms. The fraction of sp³-hybridized carbons (Fsp3) is 0.556. The number of hydrogen-bond acceptors (Lipinski definition) is 4. The molecule has 1 aromatic carbocycles. The van der Waals surface area contributed by atoms with E-state index < -0.39 is 5.92 Å². The van der Waals surface area contributed by atoms with Crippen LogP contribution >= 0.6 is 0 Å². The SMILES string of the molecule is CC1(CO)CCN(c2ccc(C3CCC(=O)NC3=O)cc2F)CC1. The van der Waals surface area contributed by atoms with Gasteiger partial charge in [-0.2, -0.15) is 0 Å². The Morgan fingerprint density at radius 2 is 2.04 bits per heavy atom. The highest BCUT2D eigenvalue weighted by molar-refractivity contribution is 6.00. The number of nitrogens with one attached hydrogen (secondary N) is 1. The van der Waals surface area contributed by atoms with E-state index in [1.165, 1.54) is 6.07 Å². The third-order valence-electron chi connectivity index (χ3n) is 5.31. The number of piperidine rings is 2. The van der Waals surface area contributed by atoms with Crippen LogP contribution in [0.5, 0.6) is 0 Å². The lowest BCUT2D eigenvalue weighted by Crippen LogP contribution is -2.41. The summed E-state index contributed by atoms with van der Waals surface area (Å²) in [5.41, 5.74) is 1.06. The van der Waals surface area contributed by atoms with Crippen LogP contribution in [0.4, 0.5) is 10.1 Å². The van der Waals surface area contributed by atoms with E-state index in [-0.39, 0.29) is 36.1 Å². The maximum atomic E-state index is 14.6. The van der Waals surface area contributed by atoms with Gasteiger partial charge in [-0.25, -0.2) is 4.39 Å². The molecule has 0 aliphatic carbocycles. The molecule has 0 saturated carbocycles. The number of hydrogen-bond donors (Lipinski definition) is 2. The van der Waals surface area contributed by atoms with Gasteiger partial charge in [0.15, 0.2) is 0 Å². The average Bonchev–Trinajstić information content (AvgIpc) is 2.56. The number of carbonyl (C=O) groups excluding carboxylic acids is 2. The summed E-state index contributed by atoms with van der Waals surface area (Å²) >= 11 is 0. The number of nitrogens with zero attached hydrogens (tertiary/aromatic N) is 1. The minimum atomic E-state index is -0.467. The predicted octanol–water partition coefficient (Wildman–Crippen LogP) is 1.94. The van der Waals surface area contributed by atoms with E-state index in [0.717, 1.165) is 12.8 Å². The standard InChI is InChI=1S/C18H23FN2O3/c1-18(11-22)6-8-21(9-7-18)15-4-2-12(10-14(15)19)13-3-5-16(23)20-17(13)24/h2,4,10,13,22H,3,5-9,11H2,1H3,(H,20,23,24). The highest BCUT2D eigenvalue weighted by Gasteiger charge is 2.31. The Labute approximate surface area is 140 Å². The van der Waals surface area contributed by atoms with E-state index >= 15 is 0 Å². The molecule has 2 aliphatic heterocycles. The maximum Gasteiger partial charge on any atom is 0.234 e. The minimum Gasteiger partial charge on any atom is -0.396 e. The Morgan fingerprint density at radius 1 is 1.33 bits per heavy atom. The van der Waals surface area contributed by atoms with Crippen molar-refractivity contribution in [1.29, 1.82) is 0 Å². The van der Waals surface area contributed by atoms with Crippen molar-refractivity contribution in [2.45, 2.75) is 38.5 Å². The van der Waals surface area contributed by atoms with Crippen molar-refractivity contribution >= 4 is 17.5 Å². The zero-order valence-electron chi connectivity index (χ0n) is 13.8. The van der Waals surface area contributed by atoms with Gasteiger partial charge in [0, 0.05) is 26.1 Å². The Balaban J connectivity index is 1.74. The van der Waals surface area contributed by atoms with Crippen LogP contribution in [0.3, 0.4) is 0 Å². The van der Waals surface area contributed by atoms with Gasteiger partial charge in [-0.1, -0.05) is 13.0 Å². The van der Waals surface area contributed by atoms with Gasteiger partial charge in [-0.3, -0.25) is 14.9 Å². The molecule has 2 aliphatic rings. The first-order valence-corrected chi connectivity index (χ1v) is 8.41. The zero-order chi connectivity index (χ0) is 17.3. The molecule has 2 saturated heterocycles. The average molecular weight is 334 g/mol. The lowest BCUT2D eigenvalue weighted by molar-refractivity contribution is -0.134. The van der Waals surface area contributed by atoms with E-state index in [1.807, 2.05) is 11.8 Å². The first-order valence-electron chi connectivity index (χ1n) is 8.41. The quantitative estimate of drug-likeness (QED) is 0.829. The summed E-state index contributed by atoms with van der Waals surface area (Å²) in [4.78, 5) is 25.1. The number of carbonyl (C=O) groups is 2. The van der Waals surface area contributed by atoms with Crippen LogP contribution in [0.2, 0.25) is 0 Å². The van der Waals surface area contributed by atoms with E-state index in [4.69, 9.17) is 0 Å². The Morgan fingerprint density at radius 3 is 2.62 bits per heavy atom. The molecule has 2 N–H and O–H groups in total. The van der Waals surface area contributed by atoms with Crippen LogP contribution in [0.25, 0.3) is 0 Å². The van der Waals surface area contributed by atoms with Gasteiger partial charge in [0.25, 0.3) is 0 Å². The lowest BCUT2D eigenvalue weighted by atomic mass is 9.81. The Kier molecular flexibility index (Phi) is 4.58. The maximum absolute atomic E-state index is 14.6.